The zero-order valence-electron chi connectivity index (χ0n) is 17.9. The summed E-state index contributed by atoms with van der Waals surface area (Å²) in [5.74, 6) is 1.16. The zero-order valence-corrected chi connectivity index (χ0v) is 19.5. The first-order valence-corrected chi connectivity index (χ1v) is 12.0. The van der Waals surface area contributed by atoms with E-state index in [1.54, 1.807) is 0 Å². The van der Waals surface area contributed by atoms with Gasteiger partial charge in [0.2, 0.25) is 5.91 Å². The second kappa shape index (κ2) is 10.2. The average Bonchev–Trinajstić information content (AvgIpc) is 3.09. The Labute approximate surface area is 185 Å². The van der Waals surface area contributed by atoms with Crippen LogP contribution in [0.25, 0.3) is 0 Å². The van der Waals surface area contributed by atoms with Crippen molar-refractivity contribution in [2.45, 2.75) is 107 Å². The van der Waals surface area contributed by atoms with Gasteiger partial charge < -0.3 is 5.32 Å². The highest BCUT2D eigenvalue weighted by Gasteiger charge is 2.33. The van der Waals surface area contributed by atoms with Crippen LogP contribution in [0.1, 0.15) is 78.6 Å². The molecule has 0 spiro atoms. The van der Waals surface area contributed by atoms with Crippen molar-refractivity contribution in [2.75, 3.05) is 0 Å². The van der Waals surface area contributed by atoms with Crippen molar-refractivity contribution < 1.29 is 4.79 Å². The van der Waals surface area contributed by atoms with E-state index in [-0.39, 0.29) is 28.9 Å². The average molecular weight is 446 g/mol. The molecule has 0 aromatic heterocycles. The van der Waals surface area contributed by atoms with Crippen LogP contribution in [0.5, 0.6) is 0 Å². The molecule has 8 heteroatoms. The molecule has 0 radical (unpaired) electrons. The minimum Gasteiger partial charge on any atom is -0.351 e. The third-order valence-electron chi connectivity index (χ3n) is 6.18. The number of hydrogen-bond donors (Lipinski definition) is 4. The number of rotatable bonds is 3. The summed E-state index contributed by atoms with van der Waals surface area (Å²) in [4.78, 5) is 17.6. The molecular weight excluding hydrogens is 409 g/mol. The maximum atomic E-state index is 12.8. The molecule has 166 valence electrons. The van der Waals surface area contributed by atoms with Gasteiger partial charge in [-0.05, 0) is 71.6 Å². The van der Waals surface area contributed by atoms with Crippen LogP contribution < -0.4 is 21.5 Å². The Balaban J connectivity index is 1.60. The minimum absolute atomic E-state index is 0.0220. The van der Waals surface area contributed by atoms with Gasteiger partial charge in [-0.2, -0.15) is 0 Å². The van der Waals surface area contributed by atoms with E-state index in [0.717, 1.165) is 57.8 Å². The van der Waals surface area contributed by atoms with Crippen molar-refractivity contribution in [3.05, 3.63) is 0 Å². The molecule has 6 nitrogen and oxygen atoms in total. The number of guanidine groups is 1. The van der Waals surface area contributed by atoms with Crippen molar-refractivity contribution in [1.29, 1.82) is 0 Å². The number of nitrogens with zero attached hydrogens (tertiary/aromatic N) is 1. The van der Waals surface area contributed by atoms with Gasteiger partial charge in [-0.3, -0.25) is 15.5 Å². The number of carbonyl (C=O) groups is 1. The van der Waals surface area contributed by atoms with E-state index in [1.807, 2.05) is 0 Å². The fraction of sp³-hybridized carbons (Fsp3) is 0.905. The fourth-order valence-electron chi connectivity index (χ4n) is 4.63. The van der Waals surface area contributed by atoms with Gasteiger partial charge in [0.25, 0.3) is 0 Å². The van der Waals surface area contributed by atoms with Crippen LogP contribution in [-0.4, -0.2) is 40.4 Å². The summed E-state index contributed by atoms with van der Waals surface area (Å²) >= 11 is 12.5. The maximum Gasteiger partial charge on any atom is 0.229 e. The molecule has 4 unspecified atom stereocenters. The lowest BCUT2D eigenvalue weighted by atomic mass is 9.83. The Morgan fingerprint density at radius 3 is 2.34 bits per heavy atom. The number of halogens is 2. The highest BCUT2D eigenvalue weighted by atomic mass is 35.5. The van der Waals surface area contributed by atoms with Gasteiger partial charge in [0, 0.05) is 34.7 Å². The van der Waals surface area contributed by atoms with E-state index in [0.29, 0.717) is 23.3 Å². The molecule has 0 aromatic rings. The Morgan fingerprint density at radius 2 is 1.69 bits per heavy atom. The predicted octanol–water partition coefficient (Wildman–Crippen LogP) is 3.63. The first-order valence-electron chi connectivity index (χ1n) is 11.2. The zero-order chi connectivity index (χ0) is 21.0. The van der Waals surface area contributed by atoms with Crippen LogP contribution >= 0.6 is 23.2 Å². The number of amides is 1. The largest absolute Gasteiger partial charge is 0.351 e. The van der Waals surface area contributed by atoms with E-state index >= 15 is 0 Å². The third kappa shape index (κ3) is 7.27. The number of hydrazine groups is 1. The van der Waals surface area contributed by atoms with Crippen molar-refractivity contribution in [2.24, 2.45) is 16.8 Å². The van der Waals surface area contributed by atoms with Crippen molar-refractivity contribution in [1.82, 2.24) is 21.5 Å². The van der Waals surface area contributed by atoms with Crippen molar-refractivity contribution in [3.63, 3.8) is 0 Å². The molecule has 2 saturated carbocycles. The van der Waals surface area contributed by atoms with Crippen LogP contribution in [0.2, 0.25) is 0 Å². The van der Waals surface area contributed by atoms with Gasteiger partial charge >= 0.3 is 0 Å². The summed E-state index contributed by atoms with van der Waals surface area (Å²) in [6.45, 7) is 6.20. The SMILES string of the molecule is CC(C)(C)N/C(=N\C1CC(C2CCC(Cl)CC2)NN1)NC(=O)C1CCCC(Cl)C1. The van der Waals surface area contributed by atoms with E-state index in [9.17, 15) is 4.79 Å². The predicted molar refractivity (Wildman–Crippen MR) is 120 cm³/mol. The number of nitrogens with one attached hydrogen (secondary N) is 4. The second-order valence-corrected chi connectivity index (χ2v) is 11.2. The van der Waals surface area contributed by atoms with E-state index in [1.165, 1.54) is 0 Å². The lowest BCUT2D eigenvalue weighted by molar-refractivity contribution is -0.124. The molecule has 2 aliphatic carbocycles. The minimum atomic E-state index is -0.197. The first-order chi connectivity index (χ1) is 13.7. The molecule has 3 aliphatic rings. The normalized spacial score (nSPS) is 36.7. The highest BCUT2D eigenvalue weighted by molar-refractivity contribution is 6.21. The summed E-state index contributed by atoms with van der Waals surface area (Å²) < 4.78 is 0. The van der Waals surface area contributed by atoms with Crippen molar-refractivity contribution >= 4 is 35.1 Å². The molecule has 29 heavy (non-hydrogen) atoms. The Morgan fingerprint density at radius 1 is 0.966 bits per heavy atom. The molecule has 1 aliphatic heterocycles. The summed E-state index contributed by atoms with van der Waals surface area (Å²) in [6.07, 6.45) is 8.99. The summed E-state index contributed by atoms with van der Waals surface area (Å²) in [5, 5.41) is 6.84. The molecular formula is C21H37Cl2N5O. The van der Waals surface area contributed by atoms with Crippen LogP contribution in [0.15, 0.2) is 4.99 Å². The van der Waals surface area contributed by atoms with Gasteiger partial charge in [0.15, 0.2) is 5.96 Å². The van der Waals surface area contributed by atoms with Crippen molar-refractivity contribution in [3.8, 4) is 0 Å². The Bertz CT molecular complexity index is 586. The lowest BCUT2D eigenvalue weighted by Crippen LogP contribution is -2.52. The quantitative estimate of drug-likeness (QED) is 0.303. The number of aliphatic imine (C=N–C) groups is 1. The Kier molecular flexibility index (Phi) is 8.10. The number of hydrogen-bond acceptors (Lipinski definition) is 4. The van der Waals surface area contributed by atoms with Gasteiger partial charge in [-0.15, -0.1) is 23.2 Å². The number of alkyl halides is 2. The van der Waals surface area contributed by atoms with E-state index in [4.69, 9.17) is 28.2 Å². The molecule has 3 rings (SSSR count). The van der Waals surface area contributed by atoms with Gasteiger partial charge in [-0.1, -0.05) is 6.42 Å². The van der Waals surface area contributed by atoms with Crippen LogP contribution in [0.4, 0.5) is 0 Å². The summed E-state index contributed by atoms with van der Waals surface area (Å²) in [5.41, 5.74) is 6.54. The monoisotopic (exact) mass is 445 g/mol. The summed E-state index contributed by atoms with van der Waals surface area (Å²) in [6, 6.07) is 0.398. The van der Waals surface area contributed by atoms with Crippen LogP contribution in [-0.2, 0) is 4.79 Å². The van der Waals surface area contributed by atoms with Gasteiger partial charge in [0.05, 0.1) is 0 Å². The molecule has 3 fully saturated rings. The first kappa shape index (κ1) is 23.1. The lowest BCUT2D eigenvalue weighted by Gasteiger charge is -2.29. The van der Waals surface area contributed by atoms with E-state index < -0.39 is 0 Å². The second-order valence-electron chi connectivity index (χ2n) is 9.96. The third-order valence-corrected chi connectivity index (χ3v) is 7.02. The standard InChI is InChI=1S/C21H37Cl2N5O/c1-21(2,3)26-20(25-19(29)14-5-4-6-16(23)11-14)24-18-12-17(27-28-18)13-7-9-15(22)10-8-13/h13-18,27-28H,4-12H2,1-3H3,(H2,24,25,26,29). The highest BCUT2D eigenvalue weighted by Crippen LogP contribution is 2.32. The van der Waals surface area contributed by atoms with E-state index in [2.05, 4.69) is 42.3 Å². The summed E-state index contributed by atoms with van der Waals surface area (Å²) in [7, 11) is 0. The van der Waals surface area contributed by atoms with Gasteiger partial charge in [-0.25, -0.2) is 10.4 Å². The van der Waals surface area contributed by atoms with Crippen LogP contribution in [0.3, 0.4) is 0 Å². The molecule has 4 atom stereocenters. The van der Waals surface area contributed by atoms with Gasteiger partial charge in [0.1, 0.15) is 6.17 Å². The smallest absolute Gasteiger partial charge is 0.229 e. The molecule has 1 amide bonds. The molecule has 0 bridgehead atoms. The number of carbonyl (C=O) groups excluding carboxylic acids is 1. The molecule has 4 N–H and O–H groups in total. The fourth-order valence-corrected chi connectivity index (χ4v) is 5.25. The maximum absolute atomic E-state index is 12.8. The topological polar surface area (TPSA) is 77.6 Å². The molecule has 1 heterocycles. The molecule has 1 saturated heterocycles. The van der Waals surface area contributed by atoms with Crippen LogP contribution in [0, 0.1) is 11.8 Å². The Hall–Kier alpha value is -0.560. The molecule has 0 aromatic carbocycles.